The van der Waals surface area contributed by atoms with Gasteiger partial charge in [-0.2, -0.15) is 0 Å². The number of likely N-dealkylation sites (tertiary alicyclic amines) is 2. The van der Waals surface area contributed by atoms with E-state index in [0.29, 0.717) is 32.1 Å². The quantitative estimate of drug-likeness (QED) is 0.0770. The van der Waals surface area contributed by atoms with E-state index in [1.165, 1.54) is 9.80 Å². The summed E-state index contributed by atoms with van der Waals surface area (Å²) in [6.07, 6.45) is -0.788. The largest absolute Gasteiger partial charge is 1.00 e. The average Bonchev–Trinajstić information content (AvgIpc) is 2.73. The van der Waals surface area contributed by atoms with Crippen molar-refractivity contribution in [3.05, 3.63) is 0 Å². The van der Waals surface area contributed by atoms with Crippen LogP contribution in [-0.4, -0.2) is 109 Å². The summed E-state index contributed by atoms with van der Waals surface area (Å²) in [5, 5.41) is 11.2. The van der Waals surface area contributed by atoms with E-state index in [1.807, 2.05) is 0 Å². The van der Waals surface area contributed by atoms with Gasteiger partial charge in [0.2, 0.25) is 0 Å². The topological polar surface area (TPSA) is 198 Å². The average molecular weight is 634 g/mol. The summed E-state index contributed by atoms with van der Waals surface area (Å²) in [7, 11) is 0. The van der Waals surface area contributed by atoms with Crippen molar-refractivity contribution in [1.82, 2.24) is 15.1 Å². The van der Waals surface area contributed by atoms with Gasteiger partial charge in [-0.05, 0) is 34.6 Å². The second-order valence-electron chi connectivity index (χ2n) is 7.97. The zero-order chi connectivity index (χ0) is 29.0. The SMILES string of the molecule is CC(C)(C)OC(=O)N1CC(=O)C1.CCOC(=O)Cl.CCOC(=O)N1CC(=O)C1.O=C1CNC1.O=CO[O-].[H-].[K+].[K+]. The first-order valence-corrected chi connectivity index (χ1v) is 11.3. The summed E-state index contributed by atoms with van der Waals surface area (Å²) in [5.74, 6) is 0.499. The molecule has 0 bridgehead atoms. The molecule has 0 atom stereocenters. The summed E-state index contributed by atoms with van der Waals surface area (Å²) in [5.41, 5.74) is -1.21. The maximum atomic E-state index is 11.1. The second kappa shape index (κ2) is 26.8. The molecule has 214 valence electrons. The van der Waals surface area contributed by atoms with Crippen LogP contribution in [0.3, 0.4) is 0 Å². The van der Waals surface area contributed by atoms with Gasteiger partial charge >= 0.3 is 120 Å². The van der Waals surface area contributed by atoms with Gasteiger partial charge in [-0.25, -0.2) is 14.4 Å². The van der Waals surface area contributed by atoms with Crippen LogP contribution in [-0.2, 0) is 38.3 Å². The smallest absolute Gasteiger partial charge is 1.00 e. The van der Waals surface area contributed by atoms with Crippen LogP contribution in [0.4, 0.5) is 14.4 Å². The number of rotatable bonds is 3. The molecular formula is C21H34ClK2N3O12. The van der Waals surface area contributed by atoms with Crippen LogP contribution in [0.15, 0.2) is 0 Å². The van der Waals surface area contributed by atoms with Crippen LogP contribution in [0.2, 0.25) is 0 Å². The van der Waals surface area contributed by atoms with E-state index in [9.17, 15) is 28.8 Å². The molecule has 2 amide bonds. The van der Waals surface area contributed by atoms with E-state index in [2.05, 4.69) is 19.7 Å². The minimum absolute atomic E-state index is 0. The van der Waals surface area contributed by atoms with E-state index in [0.717, 1.165) is 0 Å². The maximum absolute atomic E-state index is 11.1. The van der Waals surface area contributed by atoms with Crippen LogP contribution in [0.25, 0.3) is 0 Å². The van der Waals surface area contributed by atoms with Crippen molar-refractivity contribution >= 4 is 53.0 Å². The molecule has 0 spiro atoms. The molecule has 3 heterocycles. The van der Waals surface area contributed by atoms with Gasteiger partial charge in [0.15, 0.2) is 17.3 Å². The molecule has 3 aliphatic heterocycles. The van der Waals surface area contributed by atoms with E-state index in [4.69, 9.17) is 26.4 Å². The normalized spacial score (nSPS) is 14.1. The standard InChI is InChI=1S/C8H13NO3.C6H9NO3.C3H5ClO2.C3H5NO.CH2O3.2K.H/c1-8(2,3)12-7(11)9-4-6(10)5-9;1-2-10-6(9)7-3-5(8)4-7;1-2-6-3(4)5;5-3-1-4-2-3;2-1-4-3;;;/h4-5H2,1-3H3;2-4H2,1H3;2H2,1H3;4H,1-2H2;1,3H;;;/q;;;;;2*+1;-1/p-1. The number of halogens is 1. The van der Waals surface area contributed by atoms with Gasteiger partial charge in [0.25, 0.3) is 6.47 Å². The molecule has 3 aliphatic rings. The molecule has 0 saturated carbocycles. The predicted octanol–water partition coefficient (Wildman–Crippen LogP) is -6.07. The molecule has 3 saturated heterocycles. The van der Waals surface area contributed by atoms with Gasteiger partial charge in [0.05, 0.1) is 52.5 Å². The number of amides is 2. The molecule has 0 aromatic rings. The Morgan fingerprint density at radius 2 is 1.26 bits per heavy atom. The molecule has 3 rings (SSSR count). The first-order chi connectivity index (χ1) is 17.2. The van der Waals surface area contributed by atoms with Crippen molar-refractivity contribution < 1.29 is 162 Å². The zero-order valence-corrected chi connectivity index (χ0v) is 30.4. The van der Waals surface area contributed by atoms with E-state index in [-0.39, 0.29) is 155 Å². The third-order valence-corrected chi connectivity index (χ3v) is 3.70. The fourth-order valence-corrected chi connectivity index (χ4v) is 2.01. The number of nitrogens with one attached hydrogen (secondary N) is 1. The predicted molar refractivity (Wildman–Crippen MR) is 125 cm³/mol. The Kier molecular flexibility index (Phi) is 31.6. The van der Waals surface area contributed by atoms with Crippen molar-refractivity contribution in [2.45, 2.75) is 40.2 Å². The Morgan fingerprint density at radius 3 is 1.44 bits per heavy atom. The Labute approximate surface area is 318 Å². The van der Waals surface area contributed by atoms with Crippen molar-refractivity contribution in [2.75, 3.05) is 52.5 Å². The van der Waals surface area contributed by atoms with Gasteiger partial charge < -0.3 is 31.1 Å². The second-order valence-corrected chi connectivity index (χ2v) is 8.28. The Balaban J connectivity index is -0.000000132. The number of carbonyl (C=O) groups excluding carboxylic acids is 7. The summed E-state index contributed by atoms with van der Waals surface area (Å²) < 4.78 is 13.8. The molecule has 3 fully saturated rings. The van der Waals surface area contributed by atoms with Crippen molar-refractivity contribution in [1.29, 1.82) is 0 Å². The molecule has 0 radical (unpaired) electrons. The van der Waals surface area contributed by atoms with Crippen LogP contribution >= 0.6 is 11.6 Å². The molecule has 18 heteroatoms. The first-order valence-electron chi connectivity index (χ1n) is 10.9. The van der Waals surface area contributed by atoms with Gasteiger partial charge in [0.1, 0.15) is 5.60 Å². The number of ketones is 3. The van der Waals surface area contributed by atoms with Crippen LogP contribution in [0, 0.1) is 0 Å². The summed E-state index contributed by atoms with van der Waals surface area (Å²) in [6.45, 7) is 11.4. The van der Waals surface area contributed by atoms with E-state index < -0.39 is 17.1 Å². The van der Waals surface area contributed by atoms with Crippen LogP contribution in [0.5, 0.6) is 0 Å². The zero-order valence-electron chi connectivity index (χ0n) is 24.4. The Bertz CT molecular complexity index is 781. The summed E-state index contributed by atoms with van der Waals surface area (Å²) >= 11 is 4.72. The number of hydrogen-bond donors (Lipinski definition) is 1. The monoisotopic (exact) mass is 633 g/mol. The third kappa shape index (κ3) is 27.9. The molecular weight excluding hydrogens is 600 g/mol. The van der Waals surface area contributed by atoms with Gasteiger partial charge in [0, 0.05) is 11.6 Å². The molecule has 0 unspecified atom stereocenters. The van der Waals surface area contributed by atoms with Gasteiger partial charge in [-0.1, -0.05) is 0 Å². The van der Waals surface area contributed by atoms with Crippen LogP contribution < -0.4 is 113 Å². The Hall–Kier alpha value is -0.0273. The number of carbonyl (C=O) groups is 7. The first kappa shape index (κ1) is 45.9. The molecule has 15 nitrogen and oxygen atoms in total. The van der Waals surface area contributed by atoms with Crippen molar-refractivity contribution in [3.8, 4) is 0 Å². The maximum Gasteiger partial charge on any atom is 1.00 e. The fourth-order valence-electron chi connectivity index (χ4n) is 1.90. The number of ether oxygens (including phenoxy) is 3. The Morgan fingerprint density at radius 1 is 0.897 bits per heavy atom. The molecule has 0 aliphatic carbocycles. The van der Waals surface area contributed by atoms with Crippen molar-refractivity contribution in [2.24, 2.45) is 0 Å². The minimum atomic E-state index is -0.738. The molecule has 1 N–H and O–H groups in total. The van der Waals surface area contributed by atoms with Crippen LogP contribution in [0.1, 0.15) is 36.0 Å². The van der Waals surface area contributed by atoms with E-state index >= 15 is 0 Å². The van der Waals surface area contributed by atoms with E-state index in [1.54, 1.807) is 34.6 Å². The fraction of sp³-hybridized carbons (Fsp3) is 0.667. The van der Waals surface area contributed by atoms with Gasteiger partial charge in [-0.3, -0.25) is 29.0 Å². The molecule has 39 heavy (non-hydrogen) atoms. The number of hydrogen-bond acceptors (Lipinski definition) is 13. The number of nitrogens with zero attached hydrogens (tertiary/aromatic N) is 2. The molecule has 0 aromatic heterocycles. The minimum Gasteiger partial charge on any atom is -1.00 e. The summed E-state index contributed by atoms with van der Waals surface area (Å²) in [6, 6.07) is 0. The number of Topliss-reactive ketones (excluding diaryl/α,β-unsaturated/α-hetero) is 3. The summed E-state index contributed by atoms with van der Waals surface area (Å²) in [4.78, 5) is 76.2. The molecule has 0 aromatic carbocycles. The van der Waals surface area contributed by atoms with Crippen molar-refractivity contribution in [3.63, 3.8) is 0 Å². The van der Waals surface area contributed by atoms with Gasteiger partial charge in [-0.15, -0.1) is 0 Å². The third-order valence-electron chi connectivity index (χ3n) is 3.59.